The van der Waals surface area contributed by atoms with Gasteiger partial charge in [-0.05, 0) is 61.5 Å². The molecule has 1 aliphatic heterocycles. The van der Waals surface area contributed by atoms with E-state index in [1.807, 2.05) is 24.4 Å². The zero-order valence-electron chi connectivity index (χ0n) is 19.0. The molecule has 1 aromatic heterocycles. The van der Waals surface area contributed by atoms with Gasteiger partial charge in [0.15, 0.2) is 0 Å². The Kier molecular flexibility index (Phi) is 6.02. The minimum absolute atomic E-state index is 0.104. The monoisotopic (exact) mass is 458 g/mol. The molecule has 5 rings (SSSR count). The number of hydrogen-bond donors (Lipinski definition) is 2. The van der Waals surface area contributed by atoms with Crippen LogP contribution in [-0.4, -0.2) is 34.4 Å². The lowest BCUT2D eigenvalue weighted by Crippen LogP contribution is -2.50. The number of carbonyl (C=O) groups excluding carboxylic acids is 1. The Morgan fingerprint density at radius 2 is 2.19 bits per heavy atom. The molecule has 3 unspecified atom stereocenters. The number of anilines is 1. The zero-order valence-corrected chi connectivity index (χ0v) is 19.8. The Labute approximate surface area is 195 Å². The summed E-state index contributed by atoms with van der Waals surface area (Å²) in [4.78, 5) is 13.3. The highest BCUT2D eigenvalue weighted by Gasteiger charge is 2.43. The second kappa shape index (κ2) is 8.66. The van der Waals surface area contributed by atoms with Crippen LogP contribution in [0, 0.1) is 17.3 Å². The summed E-state index contributed by atoms with van der Waals surface area (Å²) in [7, 11) is 0. The third-order valence-corrected chi connectivity index (χ3v) is 8.55. The number of benzene rings is 1. The molecule has 6 heteroatoms. The lowest BCUT2D eigenvalue weighted by atomic mass is 9.57. The molecular weight excluding hydrogens is 424 g/mol. The highest BCUT2D eigenvalue weighted by atomic mass is 35.5. The number of nitrogens with zero attached hydrogens (tertiary/aromatic N) is 1. The number of aliphatic hydroxyl groups is 1. The summed E-state index contributed by atoms with van der Waals surface area (Å²) in [5.41, 5.74) is 1.18. The number of aromatic nitrogens is 1. The Hall–Kier alpha value is -1.56. The predicted molar refractivity (Wildman–Crippen MR) is 128 cm³/mol. The summed E-state index contributed by atoms with van der Waals surface area (Å²) < 4.78 is 7.27. The normalized spacial score (nSPS) is 29.0. The molecule has 0 spiro atoms. The molecule has 2 saturated carbocycles. The number of hydrogen-bond acceptors (Lipinski definition) is 3. The maximum absolute atomic E-state index is 13.3. The quantitative estimate of drug-likeness (QED) is 0.553. The molecule has 1 aromatic carbocycles. The molecule has 2 aliphatic carbocycles. The molecule has 1 saturated heterocycles. The summed E-state index contributed by atoms with van der Waals surface area (Å²) in [5, 5.41) is 15.2. The molecule has 2 heterocycles. The van der Waals surface area contributed by atoms with Crippen molar-refractivity contribution in [1.29, 1.82) is 0 Å². The average Bonchev–Trinajstić information content (AvgIpc) is 3.08. The van der Waals surface area contributed by atoms with E-state index in [9.17, 15) is 9.90 Å². The van der Waals surface area contributed by atoms with Gasteiger partial charge in [-0.25, -0.2) is 0 Å². The molecule has 2 bridgehead atoms. The van der Waals surface area contributed by atoms with E-state index < -0.39 is 5.60 Å². The van der Waals surface area contributed by atoms with E-state index >= 15 is 0 Å². The van der Waals surface area contributed by atoms with Crippen molar-refractivity contribution in [1.82, 2.24) is 4.57 Å². The summed E-state index contributed by atoms with van der Waals surface area (Å²) in [6.45, 7) is 3.72. The molecule has 5 nitrogen and oxygen atoms in total. The molecule has 2 N–H and O–H groups in total. The van der Waals surface area contributed by atoms with Gasteiger partial charge in [0.25, 0.3) is 0 Å². The first-order valence-electron chi connectivity index (χ1n) is 12.3. The summed E-state index contributed by atoms with van der Waals surface area (Å²) in [6.07, 6.45) is 11.9. The lowest BCUT2D eigenvalue weighted by Gasteiger charge is -2.48. The van der Waals surface area contributed by atoms with Crippen molar-refractivity contribution in [2.24, 2.45) is 17.3 Å². The molecule has 174 valence electrons. The molecule has 2 aromatic rings. The Bertz CT molecular complexity index is 998. The Balaban J connectivity index is 1.34. The first-order chi connectivity index (χ1) is 15.4. The van der Waals surface area contributed by atoms with Gasteiger partial charge < -0.3 is 19.7 Å². The molecule has 3 fully saturated rings. The fourth-order valence-corrected chi connectivity index (χ4v) is 6.89. The van der Waals surface area contributed by atoms with E-state index in [1.165, 1.54) is 44.9 Å². The highest BCUT2D eigenvalue weighted by molar-refractivity contribution is 6.36. The highest BCUT2D eigenvalue weighted by Crippen LogP contribution is 2.53. The minimum Gasteiger partial charge on any atom is -0.385 e. The largest absolute Gasteiger partial charge is 0.385 e. The molecule has 3 aliphatic rings. The van der Waals surface area contributed by atoms with Crippen LogP contribution in [0.2, 0.25) is 5.02 Å². The van der Waals surface area contributed by atoms with Crippen molar-refractivity contribution in [3.63, 3.8) is 0 Å². The number of amides is 1. The second-order valence-electron chi connectivity index (χ2n) is 10.7. The summed E-state index contributed by atoms with van der Waals surface area (Å²) in [6, 6.07) is 5.83. The standard InChI is InChI=1S/C26H35ClN2O3/c1-2-18-11-19-5-4-8-25(12-18,13-19)14-23(30)28-21-15-29(10-9-26(31)16-32-17-26)22-7-3-6-20(27)24(21)22/h3,6-7,15,18-19,31H,2,4-5,8-14,16-17H2,1H3,(H,28,30). The zero-order chi connectivity index (χ0) is 22.3. The van der Waals surface area contributed by atoms with Crippen molar-refractivity contribution in [3.05, 3.63) is 29.4 Å². The van der Waals surface area contributed by atoms with Crippen LogP contribution in [0.25, 0.3) is 10.9 Å². The second-order valence-corrected chi connectivity index (χ2v) is 11.1. The van der Waals surface area contributed by atoms with Gasteiger partial charge in [-0.3, -0.25) is 4.79 Å². The molecule has 3 atom stereocenters. The lowest BCUT2D eigenvalue weighted by molar-refractivity contribution is -0.182. The number of rotatable bonds is 7. The summed E-state index contributed by atoms with van der Waals surface area (Å²) >= 11 is 6.57. The van der Waals surface area contributed by atoms with Crippen molar-refractivity contribution in [3.8, 4) is 0 Å². The minimum atomic E-state index is -0.744. The first-order valence-corrected chi connectivity index (χ1v) is 12.6. The van der Waals surface area contributed by atoms with Gasteiger partial charge in [-0.2, -0.15) is 0 Å². The van der Waals surface area contributed by atoms with E-state index in [2.05, 4.69) is 16.8 Å². The smallest absolute Gasteiger partial charge is 0.224 e. The number of aryl methyl sites for hydroxylation is 1. The third kappa shape index (κ3) is 4.32. The van der Waals surface area contributed by atoms with E-state index in [1.54, 1.807) is 0 Å². The Morgan fingerprint density at radius 1 is 1.34 bits per heavy atom. The number of halogens is 1. The van der Waals surface area contributed by atoms with Crippen molar-refractivity contribution in [2.75, 3.05) is 18.5 Å². The van der Waals surface area contributed by atoms with Crippen LogP contribution >= 0.6 is 11.6 Å². The van der Waals surface area contributed by atoms with Crippen LogP contribution in [0.5, 0.6) is 0 Å². The topological polar surface area (TPSA) is 63.5 Å². The van der Waals surface area contributed by atoms with E-state index in [0.29, 0.717) is 37.6 Å². The van der Waals surface area contributed by atoms with E-state index in [0.717, 1.165) is 28.4 Å². The number of ether oxygens (including phenoxy) is 1. The SMILES string of the molecule is CCC1CC2CCCC(CC(=O)Nc3cn(CCC4(O)COC4)c4cccc(Cl)c34)(C1)C2. The summed E-state index contributed by atoms with van der Waals surface area (Å²) in [5.74, 6) is 1.67. The van der Waals surface area contributed by atoms with Gasteiger partial charge in [0.05, 0.1) is 29.4 Å². The average molecular weight is 459 g/mol. The van der Waals surface area contributed by atoms with Gasteiger partial charge in [0.2, 0.25) is 5.91 Å². The molecular formula is C26H35ClN2O3. The molecule has 0 radical (unpaired) electrons. The van der Waals surface area contributed by atoms with Crippen molar-refractivity contribution >= 4 is 34.1 Å². The van der Waals surface area contributed by atoms with Crippen LogP contribution in [0.3, 0.4) is 0 Å². The third-order valence-electron chi connectivity index (χ3n) is 8.23. The fraction of sp³-hybridized carbons (Fsp3) is 0.654. The maximum Gasteiger partial charge on any atom is 0.224 e. The maximum atomic E-state index is 13.3. The van der Waals surface area contributed by atoms with Crippen LogP contribution < -0.4 is 5.32 Å². The van der Waals surface area contributed by atoms with Gasteiger partial charge in [0, 0.05) is 24.5 Å². The Morgan fingerprint density at radius 3 is 2.94 bits per heavy atom. The first kappa shape index (κ1) is 22.2. The van der Waals surface area contributed by atoms with Crippen molar-refractivity contribution in [2.45, 2.75) is 76.9 Å². The number of fused-ring (bicyclic) bond motifs is 3. The number of carbonyl (C=O) groups is 1. The van der Waals surface area contributed by atoms with Crippen LogP contribution in [0.15, 0.2) is 24.4 Å². The van der Waals surface area contributed by atoms with Crippen LogP contribution in [0.4, 0.5) is 5.69 Å². The fourth-order valence-electron chi connectivity index (χ4n) is 6.61. The van der Waals surface area contributed by atoms with E-state index in [-0.39, 0.29) is 11.3 Å². The number of nitrogens with one attached hydrogen (secondary N) is 1. The van der Waals surface area contributed by atoms with Crippen LogP contribution in [-0.2, 0) is 16.1 Å². The predicted octanol–water partition coefficient (Wildman–Crippen LogP) is 5.77. The van der Waals surface area contributed by atoms with Crippen LogP contribution in [0.1, 0.15) is 64.7 Å². The van der Waals surface area contributed by atoms with Gasteiger partial charge in [0.1, 0.15) is 5.60 Å². The van der Waals surface area contributed by atoms with E-state index in [4.69, 9.17) is 16.3 Å². The van der Waals surface area contributed by atoms with Gasteiger partial charge in [-0.15, -0.1) is 0 Å². The molecule has 1 amide bonds. The molecule has 32 heavy (non-hydrogen) atoms. The van der Waals surface area contributed by atoms with Crippen molar-refractivity contribution < 1.29 is 14.6 Å². The van der Waals surface area contributed by atoms with Gasteiger partial charge >= 0.3 is 0 Å². The van der Waals surface area contributed by atoms with Gasteiger partial charge in [-0.1, -0.05) is 43.9 Å².